The van der Waals surface area contributed by atoms with Crippen LogP contribution in [0.4, 0.5) is 0 Å². The van der Waals surface area contributed by atoms with Gasteiger partial charge in [0.2, 0.25) is 0 Å². The Hall–Kier alpha value is -0.110. The molecule has 1 nitrogen and oxygen atoms in total. The van der Waals surface area contributed by atoms with E-state index in [0.717, 1.165) is 0 Å². The minimum atomic E-state index is 0.555. The van der Waals surface area contributed by atoms with Gasteiger partial charge in [0, 0.05) is 10.9 Å². The number of nitrogens with one attached hydrogen (secondary N) is 1. The summed E-state index contributed by atoms with van der Waals surface area (Å²) in [6, 6.07) is 0. The summed E-state index contributed by atoms with van der Waals surface area (Å²) < 4.78 is 0. The highest BCUT2D eigenvalue weighted by Crippen LogP contribution is 2.33. The van der Waals surface area contributed by atoms with Crippen molar-refractivity contribution in [2.75, 3.05) is 0 Å². The molecule has 2 heteroatoms. The van der Waals surface area contributed by atoms with E-state index in [1.807, 2.05) is 11.8 Å². The van der Waals surface area contributed by atoms with E-state index < -0.39 is 0 Å². The highest BCUT2D eigenvalue weighted by Gasteiger charge is 2.26. The van der Waals surface area contributed by atoms with Gasteiger partial charge >= 0.3 is 0 Å². The van der Waals surface area contributed by atoms with E-state index >= 15 is 0 Å². The topological polar surface area (TPSA) is 12.0 Å². The third-order valence-electron chi connectivity index (χ3n) is 1.69. The molecule has 1 rings (SSSR count). The summed E-state index contributed by atoms with van der Waals surface area (Å²) in [5.41, 5.74) is 1.20. The molecule has 0 aliphatic carbocycles. The Morgan fingerprint density at radius 3 is 2.40 bits per heavy atom. The van der Waals surface area contributed by atoms with Crippen LogP contribution in [0, 0.1) is 5.92 Å². The molecule has 0 saturated carbocycles. The molecule has 0 aromatic heterocycles. The molecule has 0 bridgehead atoms. The lowest BCUT2D eigenvalue weighted by atomic mass is 10.1. The fourth-order valence-corrected chi connectivity index (χ4v) is 2.44. The van der Waals surface area contributed by atoms with Gasteiger partial charge in [-0.25, -0.2) is 0 Å². The summed E-state index contributed by atoms with van der Waals surface area (Å²) in [7, 11) is 0. The largest absolute Gasteiger partial charge is 0.376 e. The molecule has 0 aromatic rings. The van der Waals surface area contributed by atoms with E-state index in [9.17, 15) is 0 Å². The summed E-state index contributed by atoms with van der Waals surface area (Å²) in [6.07, 6.45) is 0. The number of rotatable bonds is 1. The van der Waals surface area contributed by atoms with Crippen molar-refractivity contribution >= 4 is 11.8 Å². The Kier molecular flexibility index (Phi) is 2.29. The molecule has 1 aliphatic rings. The number of thioether (sulfide) groups is 1. The molecule has 58 valence electrons. The Balaban J connectivity index is 2.55. The second-order valence-electron chi connectivity index (χ2n) is 3.11. The van der Waals surface area contributed by atoms with Crippen molar-refractivity contribution in [2.24, 2.45) is 5.92 Å². The van der Waals surface area contributed by atoms with Gasteiger partial charge in [-0.2, -0.15) is 0 Å². The minimum absolute atomic E-state index is 0.555. The van der Waals surface area contributed by atoms with Gasteiger partial charge in [-0.05, 0) is 12.8 Å². The van der Waals surface area contributed by atoms with Gasteiger partial charge < -0.3 is 5.32 Å². The monoisotopic (exact) mass is 157 g/mol. The average molecular weight is 157 g/mol. The van der Waals surface area contributed by atoms with Gasteiger partial charge in [-0.1, -0.05) is 20.4 Å². The van der Waals surface area contributed by atoms with Crippen LogP contribution < -0.4 is 5.32 Å². The van der Waals surface area contributed by atoms with Crippen molar-refractivity contribution < 1.29 is 0 Å². The van der Waals surface area contributed by atoms with Crippen LogP contribution in [0.3, 0.4) is 0 Å². The summed E-state index contributed by atoms with van der Waals surface area (Å²) in [5.74, 6) is 0.704. The van der Waals surface area contributed by atoms with Gasteiger partial charge in [0.05, 0.1) is 5.37 Å². The number of hydrogen-bond acceptors (Lipinski definition) is 2. The Morgan fingerprint density at radius 2 is 2.20 bits per heavy atom. The SMILES string of the molecule is C=C1NC(C)SC1C(C)C. The fraction of sp³-hybridized carbons (Fsp3) is 0.750. The van der Waals surface area contributed by atoms with Crippen LogP contribution in [0.5, 0.6) is 0 Å². The molecule has 1 aliphatic heterocycles. The summed E-state index contributed by atoms with van der Waals surface area (Å²) in [6.45, 7) is 10.6. The average Bonchev–Trinajstić information content (AvgIpc) is 2.10. The third-order valence-corrected chi connectivity index (χ3v) is 3.34. The predicted molar refractivity (Wildman–Crippen MR) is 48.0 cm³/mol. The normalized spacial score (nSPS) is 33.0. The third kappa shape index (κ3) is 1.48. The molecule has 1 fully saturated rings. The molecule has 2 atom stereocenters. The van der Waals surface area contributed by atoms with E-state index in [-0.39, 0.29) is 0 Å². The predicted octanol–water partition coefficient (Wildman–Crippen LogP) is 2.21. The van der Waals surface area contributed by atoms with Crippen LogP contribution in [0.25, 0.3) is 0 Å². The molecular formula is C8H15NS. The maximum atomic E-state index is 3.98. The van der Waals surface area contributed by atoms with E-state index in [2.05, 4.69) is 32.7 Å². The van der Waals surface area contributed by atoms with Crippen molar-refractivity contribution in [2.45, 2.75) is 31.4 Å². The van der Waals surface area contributed by atoms with E-state index in [1.165, 1.54) is 5.70 Å². The maximum Gasteiger partial charge on any atom is 0.0698 e. The first-order chi connectivity index (χ1) is 4.61. The van der Waals surface area contributed by atoms with E-state index in [0.29, 0.717) is 16.5 Å². The quantitative estimate of drug-likeness (QED) is 0.626. The van der Waals surface area contributed by atoms with Crippen molar-refractivity contribution in [3.05, 3.63) is 12.3 Å². The lowest BCUT2D eigenvalue weighted by Gasteiger charge is -2.12. The summed E-state index contributed by atoms with van der Waals surface area (Å²) in [4.78, 5) is 0. The smallest absolute Gasteiger partial charge is 0.0698 e. The zero-order chi connectivity index (χ0) is 7.72. The Morgan fingerprint density at radius 1 is 1.60 bits per heavy atom. The van der Waals surface area contributed by atoms with Crippen LogP contribution in [-0.4, -0.2) is 10.6 Å². The number of hydrogen-bond donors (Lipinski definition) is 1. The van der Waals surface area contributed by atoms with Crippen molar-refractivity contribution in [3.8, 4) is 0 Å². The molecule has 1 saturated heterocycles. The Bertz CT molecular complexity index is 142. The summed E-state index contributed by atoms with van der Waals surface area (Å²) >= 11 is 1.97. The maximum absolute atomic E-state index is 3.98. The fourth-order valence-electron chi connectivity index (χ4n) is 1.24. The van der Waals surface area contributed by atoms with Crippen molar-refractivity contribution in [3.63, 3.8) is 0 Å². The van der Waals surface area contributed by atoms with Gasteiger partial charge in [0.1, 0.15) is 0 Å². The van der Waals surface area contributed by atoms with Crippen molar-refractivity contribution in [1.82, 2.24) is 5.32 Å². The van der Waals surface area contributed by atoms with Crippen LogP contribution >= 0.6 is 11.8 Å². The standard InChI is InChI=1S/C8H15NS/c1-5(2)8-6(3)9-7(4)10-8/h5,7-9H,3H2,1-2,4H3. The van der Waals surface area contributed by atoms with E-state index in [1.54, 1.807) is 0 Å². The summed E-state index contributed by atoms with van der Waals surface area (Å²) in [5, 5.41) is 4.49. The highest BCUT2D eigenvalue weighted by atomic mass is 32.2. The zero-order valence-corrected chi connectivity index (χ0v) is 7.66. The van der Waals surface area contributed by atoms with Crippen LogP contribution in [0.2, 0.25) is 0 Å². The zero-order valence-electron chi connectivity index (χ0n) is 6.85. The lowest BCUT2D eigenvalue weighted by molar-refractivity contribution is 0.644. The second kappa shape index (κ2) is 2.87. The van der Waals surface area contributed by atoms with Gasteiger partial charge in [-0.15, -0.1) is 11.8 Å². The molecule has 0 radical (unpaired) electrons. The molecule has 0 amide bonds. The first-order valence-electron chi connectivity index (χ1n) is 3.72. The molecule has 0 aromatic carbocycles. The molecule has 10 heavy (non-hydrogen) atoms. The van der Waals surface area contributed by atoms with Gasteiger partial charge in [0.15, 0.2) is 0 Å². The van der Waals surface area contributed by atoms with Crippen LogP contribution in [0.15, 0.2) is 12.3 Å². The van der Waals surface area contributed by atoms with E-state index in [4.69, 9.17) is 0 Å². The Labute approximate surface area is 67.3 Å². The van der Waals surface area contributed by atoms with Gasteiger partial charge in [-0.3, -0.25) is 0 Å². The molecule has 0 spiro atoms. The molecule has 1 N–H and O–H groups in total. The highest BCUT2D eigenvalue weighted by molar-refractivity contribution is 8.00. The first kappa shape index (κ1) is 7.99. The minimum Gasteiger partial charge on any atom is -0.376 e. The second-order valence-corrected chi connectivity index (χ2v) is 4.60. The van der Waals surface area contributed by atoms with Crippen LogP contribution in [0.1, 0.15) is 20.8 Å². The molecular weight excluding hydrogens is 142 g/mol. The molecule has 1 heterocycles. The van der Waals surface area contributed by atoms with Gasteiger partial charge in [0.25, 0.3) is 0 Å². The molecule has 2 unspecified atom stereocenters. The first-order valence-corrected chi connectivity index (χ1v) is 4.66. The lowest BCUT2D eigenvalue weighted by Crippen LogP contribution is -2.16. The van der Waals surface area contributed by atoms with Crippen molar-refractivity contribution in [1.29, 1.82) is 0 Å². The van der Waals surface area contributed by atoms with Crippen LogP contribution in [-0.2, 0) is 0 Å².